The minimum Gasteiger partial charge on any atom is -0.492 e. The van der Waals surface area contributed by atoms with E-state index in [2.05, 4.69) is 5.32 Å². The molecule has 2 rings (SSSR count). The molecule has 1 aromatic rings. The monoisotopic (exact) mass is 220 g/mol. The summed E-state index contributed by atoms with van der Waals surface area (Å²) < 4.78 is 5.45. The zero-order valence-corrected chi connectivity index (χ0v) is 9.83. The third-order valence-electron chi connectivity index (χ3n) is 2.93. The third-order valence-corrected chi connectivity index (χ3v) is 2.93. The fourth-order valence-corrected chi connectivity index (χ4v) is 1.80. The van der Waals surface area contributed by atoms with Crippen molar-refractivity contribution in [1.82, 2.24) is 0 Å². The van der Waals surface area contributed by atoms with Crippen LogP contribution in [0.4, 0.5) is 11.4 Å². The number of nitrogen functional groups attached to an aromatic ring is 1. The summed E-state index contributed by atoms with van der Waals surface area (Å²) in [6.45, 7) is 3.62. The van der Waals surface area contributed by atoms with Crippen LogP contribution in [0.1, 0.15) is 26.2 Å². The number of para-hydroxylation sites is 1. The number of hydrogen-bond donors (Lipinski definition) is 2. The van der Waals surface area contributed by atoms with Gasteiger partial charge < -0.3 is 15.8 Å². The summed E-state index contributed by atoms with van der Waals surface area (Å²) in [6.07, 6.45) is 4.05. The summed E-state index contributed by atoms with van der Waals surface area (Å²) in [5.74, 6) is 1.72. The van der Waals surface area contributed by atoms with Gasteiger partial charge in [-0.15, -0.1) is 0 Å². The fourth-order valence-electron chi connectivity index (χ4n) is 1.80. The van der Waals surface area contributed by atoms with Crippen molar-refractivity contribution >= 4 is 11.4 Å². The Morgan fingerprint density at radius 3 is 2.94 bits per heavy atom. The second kappa shape index (κ2) is 5.10. The van der Waals surface area contributed by atoms with E-state index in [1.165, 1.54) is 19.3 Å². The van der Waals surface area contributed by atoms with Gasteiger partial charge in [0.2, 0.25) is 0 Å². The Morgan fingerprint density at radius 2 is 2.25 bits per heavy atom. The molecule has 0 amide bonds. The van der Waals surface area contributed by atoms with Gasteiger partial charge in [0.25, 0.3) is 0 Å². The minimum absolute atomic E-state index is 0.649. The van der Waals surface area contributed by atoms with E-state index >= 15 is 0 Å². The van der Waals surface area contributed by atoms with E-state index in [-0.39, 0.29) is 0 Å². The van der Waals surface area contributed by atoms with Gasteiger partial charge in [-0.3, -0.25) is 0 Å². The maximum absolute atomic E-state index is 6.01. The first-order valence-corrected chi connectivity index (χ1v) is 6.06. The molecule has 16 heavy (non-hydrogen) atoms. The molecule has 0 radical (unpaired) electrons. The highest BCUT2D eigenvalue weighted by Crippen LogP contribution is 2.33. The lowest BCUT2D eigenvalue weighted by molar-refractivity contribution is 0.342. The third kappa shape index (κ3) is 2.81. The second-order valence-corrected chi connectivity index (χ2v) is 4.31. The maximum atomic E-state index is 6.01. The van der Waals surface area contributed by atoms with Gasteiger partial charge >= 0.3 is 0 Å². The highest BCUT2D eigenvalue weighted by atomic mass is 16.5. The Balaban J connectivity index is 1.93. The molecule has 1 fully saturated rings. The van der Waals surface area contributed by atoms with Crippen LogP contribution in [0.25, 0.3) is 0 Å². The zero-order valence-electron chi connectivity index (χ0n) is 9.83. The Labute approximate surface area is 97.0 Å². The van der Waals surface area contributed by atoms with Crippen LogP contribution in [0.15, 0.2) is 18.2 Å². The minimum atomic E-state index is 0.649. The molecule has 0 aromatic heterocycles. The summed E-state index contributed by atoms with van der Waals surface area (Å²) in [4.78, 5) is 0. The molecule has 1 aromatic carbocycles. The Bertz CT molecular complexity index is 348. The zero-order chi connectivity index (χ0) is 11.4. The molecular weight excluding hydrogens is 200 g/mol. The number of anilines is 2. The van der Waals surface area contributed by atoms with Crippen LogP contribution in [-0.4, -0.2) is 13.2 Å². The molecule has 0 heterocycles. The topological polar surface area (TPSA) is 47.3 Å². The summed E-state index contributed by atoms with van der Waals surface area (Å²) in [5, 5.41) is 3.38. The van der Waals surface area contributed by atoms with Gasteiger partial charge in [-0.05, 0) is 31.4 Å². The van der Waals surface area contributed by atoms with Crippen molar-refractivity contribution in [3.8, 4) is 5.75 Å². The van der Waals surface area contributed by atoms with Crippen LogP contribution < -0.4 is 15.8 Å². The van der Waals surface area contributed by atoms with Crippen molar-refractivity contribution in [1.29, 1.82) is 0 Å². The van der Waals surface area contributed by atoms with E-state index in [0.29, 0.717) is 6.61 Å². The van der Waals surface area contributed by atoms with Crippen molar-refractivity contribution in [2.45, 2.75) is 26.2 Å². The average Bonchev–Trinajstić information content (AvgIpc) is 3.08. The molecule has 0 saturated heterocycles. The largest absolute Gasteiger partial charge is 0.492 e. The molecule has 1 saturated carbocycles. The van der Waals surface area contributed by atoms with E-state index in [9.17, 15) is 0 Å². The maximum Gasteiger partial charge on any atom is 0.144 e. The van der Waals surface area contributed by atoms with E-state index in [1.807, 2.05) is 25.1 Å². The predicted octanol–water partition coefficient (Wildman–Crippen LogP) is 2.88. The normalized spacial score (nSPS) is 14.8. The van der Waals surface area contributed by atoms with Crippen molar-refractivity contribution in [3.05, 3.63) is 18.2 Å². The number of nitrogens with two attached hydrogens (primary N) is 1. The van der Waals surface area contributed by atoms with E-state index in [1.54, 1.807) is 0 Å². The summed E-state index contributed by atoms with van der Waals surface area (Å²) >= 11 is 0. The SMILES string of the molecule is CCOc1cccc(NCCC2CC2)c1N. The highest BCUT2D eigenvalue weighted by Gasteiger charge is 2.20. The first-order valence-electron chi connectivity index (χ1n) is 6.06. The predicted molar refractivity (Wildman–Crippen MR) is 67.9 cm³/mol. The summed E-state index contributed by atoms with van der Waals surface area (Å²) in [6, 6.07) is 5.89. The van der Waals surface area contributed by atoms with Crippen LogP contribution in [-0.2, 0) is 0 Å². The first kappa shape index (κ1) is 11.1. The van der Waals surface area contributed by atoms with Crippen molar-refractivity contribution in [3.63, 3.8) is 0 Å². The number of rotatable bonds is 6. The lowest BCUT2D eigenvalue weighted by Crippen LogP contribution is -2.06. The van der Waals surface area contributed by atoms with Crippen LogP contribution in [0.5, 0.6) is 5.75 Å². The van der Waals surface area contributed by atoms with Crippen LogP contribution in [0, 0.1) is 5.92 Å². The van der Waals surface area contributed by atoms with E-state index in [4.69, 9.17) is 10.5 Å². The van der Waals surface area contributed by atoms with Crippen LogP contribution in [0.2, 0.25) is 0 Å². The molecule has 3 heteroatoms. The van der Waals surface area contributed by atoms with Crippen molar-refractivity contribution in [2.75, 3.05) is 24.2 Å². The first-order chi connectivity index (χ1) is 7.81. The number of nitrogens with one attached hydrogen (secondary N) is 1. The quantitative estimate of drug-likeness (QED) is 0.725. The van der Waals surface area contributed by atoms with Crippen molar-refractivity contribution in [2.24, 2.45) is 5.92 Å². The molecule has 0 atom stereocenters. The van der Waals surface area contributed by atoms with Gasteiger partial charge in [0.1, 0.15) is 5.75 Å². The molecule has 0 unspecified atom stereocenters. The Hall–Kier alpha value is -1.38. The van der Waals surface area contributed by atoms with Gasteiger partial charge in [-0.2, -0.15) is 0 Å². The number of hydrogen-bond acceptors (Lipinski definition) is 3. The fraction of sp³-hybridized carbons (Fsp3) is 0.538. The van der Waals surface area contributed by atoms with Crippen LogP contribution >= 0.6 is 0 Å². The van der Waals surface area contributed by atoms with Crippen LogP contribution in [0.3, 0.4) is 0 Å². The molecule has 88 valence electrons. The standard InChI is InChI=1S/C13H20N2O/c1-2-16-12-5-3-4-11(13(12)14)15-9-8-10-6-7-10/h3-5,10,15H,2,6-9,14H2,1H3. The second-order valence-electron chi connectivity index (χ2n) is 4.31. The molecular formula is C13H20N2O. The molecule has 0 spiro atoms. The number of benzene rings is 1. The smallest absolute Gasteiger partial charge is 0.144 e. The molecule has 3 N–H and O–H groups in total. The highest BCUT2D eigenvalue weighted by molar-refractivity contribution is 5.72. The summed E-state index contributed by atoms with van der Waals surface area (Å²) in [7, 11) is 0. The molecule has 3 nitrogen and oxygen atoms in total. The van der Waals surface area contributed by atoms with Crippen molar-refractivity contribution < 1.29 is 4.74 Å². The van der Waals surface area contributed by atoms with Gasteiger partial charge in [0.05, 0.1) is 18.0 Å². The lowest BCUT2D eigenvalue weighted by atomic mass is 10.2. The van der Waals surface area contributed by atoms with Gasteiger partial charge in [0.15, 0.2) is 0 Å². The number of ether oxygens (including phenoxy) is 1. The Kier molecular flexibility index (Phi) is 3.54. The van der Waals surface area contributed by atoms with Gasteiger partial charge in [-0.25, -0.2) is 0 Å². The molecule has 0 aliphatic heterocycles. The van der Waals surface area contributed by atoms with E-state index in [0.717, 1.165) is 29.6 Å². The molecule has 1 aliphatic rings. The Morgan fingerprint density at radius 1 is 1.44 bits per heavy atom. The van der Waals surface area contributed by atoms with Gasteiger partial charge in [-0.1, -0.05) is 18.9 Å². The molecule has 0 bridgehead atoms. The lowest BCUT2D eigenvalue weighted by Gasteiger charge is -2.12. The molecule has 1 aliphatic carbocycles. The van der Waals surface area contributed by atoms with Gasteiger partial charge in [0, 0.05) is 6.54 Å². The summed E-state index contributed by atoms with van der Waals surface area (Å²) in [5.41, 5.74) is 7.73. The van der Waals surface area contributed by atoms with E-state index < -0.39 is 0 Å². The average molecular weight is 220 g/mol.